The number of hydrogen-bond donors (Lipinski definition) is 1. The molecule has 0 aliphatic rings. The molecule has 0 fully saturated rings. The van der Waals surface area contributed by atoms with Crippen molar-refractivity contribution in [3.8, 4) is 5.75 Å². The highest BCUT2D eigenvalue weighted by atomic mass is 79.9. The van der Waals surface area contributed by atoms with Crippen LogP contribution in [0.4, 0.5) is 5.69 Å². The Morgan fingerprint density at radius 2 is 1.89 bits per heavy atom. The minimum Gasteiger partial charge on any atom is -0.491 e. The first-order valence-corrected chi connectivity index (χ1v) is 9.69. The van der Waals surface area contributed by atoms with Gasteiger partial charge in [-0.2, -0.15) is 0 Å². The van der Waals surface area contributed by atoms with Gasteiger partial charge in [-0.3, -0.25) is 9.78 Å². The highest BCUT2D eigenvalue weighted by molar-refractivity contribution is 9.10. The van der Waals surface area contributed by atoms with Crippen LogP contribution >= 0.6 is 15.9 Å². The molecule has 3 aromatic rings. The third kappa shape index (κ3) is 5.90. The minimum atomic E-state index is -0.281. The lowest BCUT2D eigenvalue weighted by Crippen LogP contribution is -2.15. The van der Waals surface area contributed by atoms with Gasteiger partial charge < -0.3 is 14.8 Å². The van der Waals surface area contributed by atoms with E-state index < -0.39 is 0 Å². The van der Waals surface area contributed by atoms with Crippen LogP contribution in [0.1, 0.15) is 21.6 Å². The molecule has 3 rings (SSSR count). The summed E-state index contributed by atoms with van der Waals surface area (Å²) in [7, 11) is 0. The smallest absolute Gasteiger partial charge is 0.274 e. The van der Waals surface area contributed by atoms with Crippen LogP contribution in [0.2, 0.25) is 0 Å². The number of hydrogen-bond acceptors (Lipinski definition) is 4. The van der Waals surface area contributed by atoms with Crippen molar-refractivity contribution in [2.45, 2.75) is 13.5 Å². The van der Waals surface area contributed by atoms with Crippen LogP contribution in [0.15, 0.2) is 71.3 Å². The first kappa shape index (κ1) is 20.0. The predicted octanol–water partition coefficient (Wildman–Crippen LogP) is 5.00. The Kier molecular flexibility index (Phi) is 7.17. The molecule has 1 heterocycles. The third-order valence-electron chi connectivity index (χ3n) is 4.01. The summed E-state index contributed by atoms with van der Waals surface area (Å²) in [6.45, 7) is 3.32. The maximum atomic E-state index is 12.5. The van der Waals surface area contributed by atoms with E-state index in [-0.39, 0.29) is 5.91 Å². The Hall–Kier alpha value is -2.70. The summed E-state index contributed by atoms with van der Waals surface area (Å²) in [6, 6.07) is 19.0. The molecule has 144 valence electrons. The van der Waals surface area contributed by atoms with E-state index in [0.717, 1.165) is 21.3 Å². The molecular weight excluding hydrogens is 420 g/mol. The maximum absolute atomic E-state index is 12.5. The summed E-state index contributed by atoms with van der Waals surface area (Å²) in [5.41, 5.74) is 3.12. The number of nitrogens with zero attached hydrogens (tertiary/aromatic N) is 1. The topological polar surface area (TPSA) is 60.5 Å². The van der Waals surface area contributed by atoms with Crippen molar-refractivity contribution < 1.29 is 14.3 Å². The first-order valence-electron chi connectivity index (χ1n) is 8.90. The lowest BCUT2D eigenvalue weighted by molar-refractivity contribution is 0.0887. The fraction of sp³-hybridized carbons (Fsp3) is 0.182. The van der Waals surface area contributed by atoms with Gasteiger partial charge >= 0.3 is 0 Å². The van der Waals surface area contributed by atoms with Gasteiger partial charge in [0.1, 0.15) is 18.1 Å². The normalized spacial score (nSPS) is 10.5. The van der Waals surface area contributed by atoms with Gasteiger partial charge in [0.05, 0.1) is 13.2 Å². The zero-order chi connectivity index (χ0) is 19.8. The number of aryl methyl sites for hydroxylation is 1. The molecule has 0 spiro atoms. The Labute approximate surface area is 172 Å². The third-order valence-corrected chi connectivity index (χ3v) is 4.50. The summed E-state index contributed by atoms with van der Waals surface area (Å²) < 4.78 is 12.2. The number of carbonyl (C=O) groups excluding carboxylic acids is 1. The van der Waals surface area contributed by atoms with Crippen molar-refractivity contribution in [3.63, 3.8) is 0 Å². The molecular formula is C22H21BrN2O3. The lowest BCUT2D eigenvalue weighted by Gasteiger charge is -2.10. The van der Waals surface area contributed by atoms with Gasteiger partial charge in [-0.05, 0) is 42.3 Å². The molecule has 0 atom stereocenters. The fourth-order valence-corrected chi connectivity index (χ4v) is 3.04. The van der Waals surface area contributed by atoms with Gasteiger partial charge in [-0.1, -0.05) is 46.3 Å². The Morgan fingerprint density at radius 1 is 1.07 bits per heavy atom. The van der Waals surface area contributed by atoms with Crippen molar-refractivity contribution in [3.05, 3.63) is 88.2 Å². The molecule has 1 aromatic heterocycles. The molecule has 1 N–H and O–H groups in total. The van der Waals surface area contributed by atoms with Gasteiger partial charge in [0, 0.05) is 22.4 Å². The monoisotopic (exact) mass is 440 g/mol. The van der Waals surface area contributed by atoms with E-state index in [0.29, 0.717) is 31.3 Å². The SMILES string of the molecule is Cc1cc(Br)ccc1NC(=O)c1cc(OCCOCc2ccccc2)ccn1. The predicted molar refractivity (Wildman–Crippen MR) is 113 cm³/mol. The number of aromatic nitrogens is 1. The molecule has 28 heavy (non-hydrogen) atoms. The Bertz CT molecular complexity index is 932. The highest BCUT2D eigenvalue weighted by Gasteiger charge is 2.10. The molecule has 0 saturated carbocycles. The van der Waals surface area contributed by atoms with Crippen molar-refractivity contribution in [1.82, 2.24) is 4.98 Å². The second-order valence-corrected chi connectivity index (χ2v) is 7.09. The van der Waals surface area contributed by atoms with Crippen LogP contribution in [0.25, 0.3) is 0 Å². The number of benzene rings is 2. The van der Waals surface area contributed by atoms with E-state index in [4.69, 9.17) is 9.47 Å². The van der Waals surface area contributed by atoms with Crippen LogP contribution in [-0.4, -0.2) is 24.1 Å². The first-order chi connectivity index (χ1) is 13.6. The quantitative estimate of drug-likeness (QED) is 0.500. The molecule has 0 radical (unpaired) electrons. The molecule has 1 amide bonds. The van der Waals surface area contributed by atoms with Gasteiger partial charge in [0.2, 0.25) is 0 Å². The van der Waals surface area contributed by atoms with E-state index in [9.17, 15) is 4.79 Å². The minimum absolute atomic E-state index is 0.281. The number of carbonyl (C=O) groups is 1. The molecule has 0 unspecified atom stereocenters. The average Bonchev–Trinajstić information content (AvgIpc) is 2.71. The largest absolute Gasteiger partial charge is 0.491 e. The highest BCUT2D eigenvalue weighted by Crippen LogP contribution is 2.21. The van der Waals surface area contributed by atoms with E-state index in [1.807, 2.05) is 55.5 Å². The molecule has 0 saturated heterocycles. The van der Waals surface area contributed by atoms with Crippen molar-refractivity contribution in [1.29, 1.82) is 0 Å². The number of anilines is 1. The fourth-order valence-electron chi connectivity index (χ4n) is 2.56. The molecule has 0 bridgehead atoms. The molecule has 6 heteroatoms. The lowest BCUT2D eigenvalue weighted by atomic mass is 10.2. The maximum Gasteiger partial charge on any atom is 0.274 e. The van der Waals surface area contributed by atoms with Crippen molar-refractivity contribution in [2.24, 2.45) is 0 Å². The molecule has 0 aliphatic carbocycles. The zero-order valence-corrected chi connectivity index (χ0v) is 17.1. The van der Waals surface area contributed by atoms with Crippen molar-refractivity contribution >= 4 is 27.5 Å². The van der Waals surface area contributed by atoms with Gasteiger partial charge in [-0.15, -0.1) is 0 Å². The van der Waals surface area contributed by atoms with E-state index >= 15 is 0 Å². The van der Waals surface area contributed by atoms with E-state index in [2.05, 4.69) is 26.2 Å². The summed E-state index contributed by atoms with van der Waals surface area (Å²) in [6.07, 6.45) is 1.56. The summed E-state index contributed by atoms with van der Waals surface area (Å²) in [5, 5.41) is 2.87. The number of halogens is 1. The summed E-state index contributed by atoms with van der Waals surface area (Å²) in [5.74, 6) is 0.298. The zero-order valence-electron chi connectivity index (χ0n) is 15.5. The van der Waals surface area contributed by atoms with Crippen LogP contribution < -0.4 is 10.1 Å². The number of ether oxygens (including phenoxy) is 2. The number of rotatable bonds is 8. The van der Waals surface area contributed by atoms with Gasteiger partial charge in [-0.25, -0.2) is 0 Å². The summed E-state index contributed by atoms with van der Waals surface area (Å²) >= 11 is 3.41. The Morgan fingerprint density at radius 3 is 2.68 bits per heavy atom. The second kappa shape index (κ2) is 10.0. The van der Waals surface area contributed by atoms with E-state index in [1.54, 1.807) is 18.3 Å². The van der Waals surface area contributed by atoms with Crippen LogP contribution in [0.5, 0.6) is 5.75 Å². The Balaban J connectivity index is 1.49. The van der Waals surface area contributed by atoms with Gasteiger partial charge in [0.15, 0.2) is 0 Å². The standard InChI is InChI=1S/C22H21BrN2O3/c1-16-13-18(23)7-8-20(16)25-22(26)21-14-19(9-10-24-21)28-12-11-27-15-17-5-3-2-4-6-17/h2-10,13-14H,11-12,15H2,1H3,(H,25,26). The number of amides is 1. The second-order valence-electron chi connectivity index (χ2n) is 6.18. The van der Waals surface area contributed by atoms with Gasteiger partial charge in [0.25, 0.3) is 5.91 Å². The van der Waals surface area contributed by atoms with Crippen LogP contribution in [0, 0.1) is 6.92 Å². The van der Waals surface area contributed by atoms with Crippen LogP contribution in [0.3, 0.4) is 0 Å². The summed E-state index contributed by atoms with van der Waals surface area (Å²) in [4.78, 5) is 16.6. The number of pyridine rings is 1. The molecule has 0 aliphatic heterocycles. The number of nitrogens with one attached hydrogen (secondary N) is 1. The van der Waals surface area contributed by atoms with E-state index in [1.165, 1.54) is 0 Å². The average molecular weight is 441 g/mol. The molecule has 5 nitrogen and oxygen atoms in total. The van der Waals surface area contributed by atoms with Crippen molar-refractivity contribution in [2.75, 3.05) is 18.5 Å². The molecule has 2 aromatic carbocycles. The van der Waals surface area contributed by atoms with Crippen LogP contribution in [-0.2, 0) is 11.3 Å².